The molecule has 1 fully saturated rings. The summed E-state index contributed by atoms with van der Waals surface area (Å²) in [6.07, 6.45) is 16.9. The Morgan fingerprint density at radius 3 is 2.65 bits per heavy atom. The van der Waals surface area contributed by atoms with E-state index in [1.807, 2.05) is 35.4 Å². The maximum absolute atomic E-state index is 4.68. The highest BCUT2D eigenvalue weighted by atomic mass is 15.2. The molecule has 3 aromatic rings. The van der Waals surface area contributed by atoms with Gasteiger partial charge < -0.3 is 0 Å². The number of hydrogen-bond acceptors (Lipinski definition) is 3. The molecule has 3 heterocycles. The fourth-order valence-electron chi connectivity index (χ4n) is 3.62. The summed E-state index contributed by atoms with van der Waals surface area (Å²) in [4.78, 5) is 9.14. The van der Waals surface area contributed by atoms with Gasteiger partial charge in [-0.25, -0.2) is 9.50 Å². The smallest absolute Gasteiger partial charge is 0.162 e. The lowest BCUT2D eigenvalue weighted by Gasteiger charge is -2.19. The minimum Gasteiger partial charge on any atom is -0.261 e. The summed E-state index contributed by atoms with van der Waals surface area (Å²) in [6.45, 7) is 0. The second-order valence-electron chi connectivity index (χ2n) is 6.46. The van der Waals surface area contributed by atoms with Gasteiger partial charge in [-0.3, -0.25) is 4.98 Å². The molecule has 23 heavy (non-hydrogen) atoms. The monoisotopic (exact) mass is 306 g/mol. The van der Waals surface area contributed by atoms with Gasteiger partial charge >= 0.3 is 0 Å². The van der Waals surface area contributed by atoms with Gasteiger partial charge in [0.05, 0.1) is 6.20 Å². The van der Waals surface area contributed by atoms with Gasteiger partial charge in [0.2, 0.25) is 0 Å². The van der Waals surface area contributed by atoms with Crippen LogP contribution in [0, 0.1) is 0 Å². The Balaban J connectivity index is 1.68. The molecule has 3 aromatic heterocycles. The maximum atomic E-state index is 4.68. The van der Waals surface area contributed by atoms with Crippen LogP contribution in [0.2, 0.25) is 0 Å². The molecule has 4 rings (SSSR count). The lowest BCUT2D eigenvalue weighted by molar-refractivity contribution is 0.449. The van der Waals surface area contributed by atoms with E-state index >= 15 is 0 Å². The van der Waals surface area contributed by atoms with E-state index in [1.54, 1.807) is 0 Å². The maximum Gasteiger partial charge on any atom is 0.162 e. The highest BCUT2D eigenvalue weighted by Crippen LogP contribution is 2.32. The molecule has 0 amide bonds. The Morgan fingerprint density at radius 2 is 1.78 bits per heavy atom. The first-order valence-electron chi connectivity index (χ1n) is 8.66. The van der Waals surface area contributed by atoms with Crippen molar-refractivity contribution in [2.24, 2.45) is 0 Å². The molecule has 0 aliphatic heterocycles. The third-order valence-electron chi connectivity index (χ3n) is 4.89. The van der Waals surface area contributed by atoms with E-state index in [4.69, 9.17) is 0 Å². The van der Waals surface area contributed by atoms with Crippen molar-refractivity contribution < 1.29 is 0 Å². The molecule has 4 nitrogen and oxygen atoms in total. The Labute approximate surface area is 136 Å². The van der Waals surface area contributed by atoms with Crippen molar-refractivity contribution in [2.45, 2.75) is 50.9 Å². The van der Waals surface area contributed by atoms with E-state index in [-0.39, 0.29) is 0 Å². The van der Waals surface area contributed by atoms with Crippen LogP contribution >= 0.6 is 0 Å². The minimum absolute atomic E-state index is 0.602. The highest BCUT2D eigenvalue weighted by Gasteiger charge is 2.16. The van der Waals surface area contributed by atoms with Crippen LogP contribution in [-0.2, 0) is 0 Å². The molecule has 1 saturated carbocycles. The average molecular weight is 306 g/mol. The quantitative estimate of drug-likeness (QED) is 0.694. The molecule has 0 N–H and O–H groups in total. The van der Waals surface area contributed by atoms with Crippen molar-refractivity contribution in [1.82, 2.24) is 19.6 Å². The zero-order chi connectivity index (χ0) is 15.5. The number of aromatic nitrogens is 4. The van der Waals surface area contributed by atoms with Crippen LogP contribution < -0.4 is 0 Å². The highest BCUT2D eigenvalue weighted by molar-refractivity contribution is 5.76. The van der Waals surface area contributed by atoms with Gasteiger partial charge in [0, 0.05) is 35.8 Å². The van der Waals surface area contributed by atoms with E-state index in [2.05, 4.69) is 27.2 Å². The number of fused-ring (bicyclic) bond motifs is 1. The predicted molar refractivity (Wildman–Crippen MR) is 91.3 cm³/mol. The summed E-state index contributed by atoms with van der Waals surface area (Å²) in [5.41, 5.74) is 4.40. The molecule has 0 aromatic carbocycles. The SMILES string of the molecule is c1cnc2c(-c3ccnc(C4CCCCCCC4)c3)cnn2c1. The second-order valence-corrected chi connectivity index (χ2v) is 6.46. The van der Waals surface area contributed by atoms with Crippen molar-refractivity contribution >= 4 is 5.65 Å². The lowest BCUT2D eigenvalue weighted by Crippen LogP contribution is -2.04. The van der Waals surface area contributed by atoms with Crippen molar-refractivity contribution in [3.8, 4) is 11.1 Å². The molecule has 0 saturated heterocycles. The van der Waals surface area contributed by atoms with Crippen LogP contribution in [0.1, 0.15) is 56.6 Å². The van der Waals surface area contributed by atoms with Crippen molar-refractivity contribution in [3.63, 3.8) is 0 Å². The van der Waals surface area contributed by atoms with Gasteiger partial charge in [-0.2, -0.15) is 5.10 Å². The summed E-state index contributed by atoms with van der Waals surface area (Å²) in [5, 5.41) is 4.40. The summed E-state index contributed by atoms with van der Waals surface area (Å²) in [6, 6.07) is 6.21. The third-order valence-corrected chi connectivity index (χ3v) is 4.89. The van der Waals surface area contributed by atoms with Crippen LogP contribution in [0.3, 0.4) is 0 Å². The first kappa shape index (κ1) is 14.4. The predicted octanol–water partition coefficient (Wildman–Crippen LogP) is 4.62. The minimum atomic E-state index is 0.602. The van der Waals surface area contributed by atoms with E-state index in [1.165, 1.54) is 56.2 Å². The Kier molecular flexibility index (Phi) is 4.05. The number of nitrogens with zero attached hydrogens (tertiary/aromatic N) is 4. The van der Waals surface area contributed by atoms with Gasteiger partial charge in [0.1, 0.15) is 0 Å². The fraction of sp³-hybridized carbons (Fsp3) is 0.421. The molecular formula is C19H22N4. The molecule has 0 radical (unpaired) electrons. The molecule has 118 valence electrons. The van der Waals surface area contributed by atoms with Crippen LogP contribution in [-0.4, -0.2) is 19.6 Å². The standard InChI is InChI=1S/C19H22N4/c1-2-4-7-15(8-5-3-1)18-13-16(9-11-20-18)17-14-22-23-12-6-10-21-19(17)23/h6,9-15H,1-5,7-8H2. The fourth-order valence-corrected chi connectivity index (χ4v) is 3.62. The van der Waals surface area contributed by atoms with Crippen molar-refractivity contribution in [2.75, 3.05) is 0 Å². The number of pyridine rings is 1. The van der Waals surface area contributed by atoms with Crippen LogP contribution in [0.15, 0.2) is 43.0 Å². The number of hydrogen-bond donors (Lipinski definition) is 0. The molecule has 0 bridgehead atoms. The van der Waals surface area contributed by atoms with Gasteiger partial charge in [0.25, 0.3) is 0 Å². The zero-order valence-electron chi connectivity index (χ0n) is 13.4. The van der Waals surface area contributed by atoms with Gasteiger partial charge in [-0.15, -0.1) is 0 Å². The van der Waals surface area contributed by atoms with Crippen LogP contribution in [0.5, 0.6) is 0 Å². The molecule has 4 heteroatoms. The Morgan fingerprint density at radius 1 is 0.957 bits per heavy atom. The average Bonchev–Trinajstić information content (AvgIpc) is 2.99. The molecule has 0 atom stereocenters. The summed E-state index contributed by atoms with van der Waals surface area (Å²) < 4.78 is 1.82. The molecule has 0 unspecified atom stereocenters. The topological polar surface area (TPSA) is 43.1 Å². The Bertz CT molecular complexity index is 785. The largest absolute Gasteiger partial charge is 0.261 e. The zero-order valence-corrected chi connectivity index (χ0v) is 13.4. The summed E-state index contributed by atoms with van der Waals surface area (Å²) in [5.74, 6) is 0.602. The number of rotatable bonds is 2. The van der Waals surface area contributed by atoms with Crippen LogP contribution in [0.4, 0.5) is 0 Å². The summed E-state index contributed by atoms with van der Waals surface area (Å²) >= 11 is 0. The van der Waals surface area contributed by atoms with E-state index in [9.17, 15) is 0 Å². The van der Waals surface area contributed by atoms with Crippen molar-refractivity contribution in [1.29, 1.82) is 0 Å². The van der Waals surface area contributed by atoms with Crippen LogP contribution in [0.25, 0.3) is 16.8 Å². The molecule has 0 spiro atoms. The van der Waals surface area contributed by atoms with Gasteiger partial charge in [0.15, 0.2) is 5.65 Å². The van der Waals surface area contributed by atoms with Gasteiger partial charge in [-0.1, -0.05) is 32.1 Å². The summed E-state index contributed by atoms with van der Waals surface area (Å²) in [7, 11) is 0. The normalized spacial score (nSPS) is 17.0. The Hall–Kier alpha value is -2.23. The first-order chi connectivity index (χ1) is 11.4. The van der Waals surface area contributed by atoms with E-state index in [0.29, 0.717) is 5.92 Å². The van der Waals surface area contributed by atoms with Gasteiger partial charge in [-0.05, 0) is 36.6 Å². The van der Waals surface area contributed by atoms with Crippen molar-refractivity contribution in [3.05, 3.63) is 48.7 Å². The third kappa shape index (κ3) is 2.98. The van der Waals surface area contributed by atoms with E-state index < -0.39 is 0 Å². The lowest BCUT2D eigenvalue weighted by atomic mass is 9.88. The molecular weight excluding hydrogens is 284 g/mol. The van der Waals surface area contributed by atoms with E-state index in [0.717, 1.165) is 11.2 Å². The molecule has 1 aliphatic carbocycles. The molecule has 1 aliphatic rings. The first-order valence-corrected chi connectivity index (χ1v) is 8.66. The second kappa shape index (κ2) is 6.49.